The molecular formula is C10H11N3O2. The van der Waals surface area contributed by atoms with E-state index in [2.05, 4.69) is 10.3 Å². The molecule has 1 aromatic heterocycles. The second kappa shape index (κ2) is 5.60. The largest absolute Gasteiger partial charge is 0.481 e. The predicted octanol–water partition coefficient (Wildman–Crippen LogP) is 1.23. The number of nitrogens with one attached hydrogen (secondary N) is 1. The fraction of sp³-hybridized carbons (Fsp3) is 0.300. The first-order valence-corrected chi connectivity index (χ1v) is 4.55. The van der Waals surface area contributed by atoms with Crippen LogP contribution < -0.4 is 5.32 Å². The minimum atomic E-state index is -0.816. The van der Waals surface area contributed by atoms with Crippen molar-refractivity contribution in [2.45, 2.75) is 12.8 Å². The van der Waals surface area contributed by atoms with Gasteiger partial charge in [-0.05, 0) is 18.6 Å². The van der Waals surface area contributed by atoms with Gasteiger partial charge in [0, 0.05) is 19.2 Å². The van der Waals surface area contributed by atoms with Gasteiger partial charge in [-0.1, -0.05) is 0 Å². The van der Waals surface area contributed by atoms with Gasteiger partial charge in [-0.15, -0.1) is 0 Å². The Morgan fingerprint density at radius 3 is 3.13 bits per heavy atom. The molecule has 78 valence electrons. The monoisotopic (exact) mass is 205 g/mol. The van der Waals surface area contributed by atoms with Gasteiger partial charge in [0.15, 0.2) is 5.69 Å². The lowest BCUT2D eigenvalue weighted by Gasteiger charge is -2.05. The lowest BCUT2D eigenvalue weighted by atomic mass is 10.2. The van der Waals surface area contributed by atoms with Gasteiger partial charge in [0.25, 0.3) is 0 Å². The van der Waals surface area contributed by atoms with E-state index in [9.17, 15) is 4.79 Å². The summed E-state index contributed by atoms with van der Waals surface area (Å²) < 4.78 is 0. The van der Waals surface area contributed by atoms with Crippen LogP contribution in [0.2, 0.25) is 0 Å². The van der Waals surface area contributed by atoms with Gasteiger partial charge < -0.3 is 10.4 Å². The van der Waals surface area contributed by atoms with Crippen molar-refractivity contribution in [3.8, 4) is 6.07 Å². The maximum absolute atomic E-state index is 10.2. The zero-order valence-electron chi connectivity index (χ0n) is 8.10. The second-order valence-corrected chi connectivity index (χ2v) is 2.94. The summed E-state index contributed by atoms with van der Waals surface area (Å²) in [7, 11) is 0. The highest BCUT2D eigenvalue weighted by atomic mass is 16.4. The van der Waals surface area contributed by atoms with E-state index in [-0.39, 0.29) is 6.42 Å². The molecule has 0 bridgehead atoms. The van der Waals surface area contributed by atoms with Gasteiger partial charge in [-0.25, -0.2) is 4.98 Å². The van der Waals surface area contributed by atoms with E-state index in [1.54, 1.807) is 18.3 Å². The first kappa shape index (κ1) is 11.0. The van der Waals surface area contributed by atoms with Crippen LogP contribution in [0.15, 0.2) is 18.3 Å². The Morgan fingerprint density at radius 1 is 1.67 bits per heavy atom. The summed E-state index contributed by atoms with van der Waals surface area (Å²) in [5, 5.41) is 20.1. The van der Waals surface area contributed by atoms with Crippen LogP contribution >= 0.6 is 0 Å². The van der Waals surface area contributed by atoms with E-state index < -0.39 is 5.97 Å². The van der Waals surface area contributed by atoms with Crippen LogP contribution in [0.25, 0.3) is 0 Å². The van der Waals surface area contributed by atoms with Crippen molar-refractivity contribution < 1.29 is 9.90 Å². The number of aliphatic carboxylic acids is 1. The Labute approximate surface area is 87.4 Å². The third kappa shape index (κ3) is 3.65. The zero-order chi connectivity index (χ0) is 11.1. The number of carboxylic acids is 1. The minimum absolute atomic E-state index is 0.120. The van der Waals surface area contributed by atoms with Crippen LogP contribution in [-0.2, 0) is 4.79 Å². The maximum atomic E-state index is 10.2. The fourth-order valence-electron chi connectivity index (χ4n) is 1.10. The number of anilines is 1. The number of aromatic nitrogens is 1. The molecule has 2 N–H and O–H groups in total. The molecule has 1 aromatic rings. The van der Waals surface area contributed by atoms with E-state index in [1.807, 2.05) is 6.07 Å². The number of hydrogen-bond donors (Lipinski definition) is 2. The lowest BCUT2D eigenvalue weighted by Crippen LogP contribution is -2.06. The number of rotatable bonds is 5. The van der Waals surface area contributed by atoms with Crippen LogP contribution in [0.4, 0.5) is 5.69 Å². The molecule has 0 saturated carbocycles. The molecule has 0 unspecified atom stereocenters. The minimum Gasteiger partial charge on any atom is -0.481 e. The number of nitrogens with zero attached hydrogens (tertiary/aromatic N) is 2. The first-order chi connectivity index (χ1) is 7.24. The predicted molar refractivity (Wildman–Crippen MR) is 54.3 cm³/mol. The van der Waals surface area contributed by atoms with Crippen LogP contribution in [0.1, 0.15) is 18.5 Å². The van der Waals surface area contributed by atoms with Crippen LogP contribution in [0.5, 0.6) is 0 Å². The standard InChI is InChI=1S/C10H11N3O2/c11-7-9-8(3-1-5-13-9)12-6-2-4-10(14)15/h1,3,5,12H,2,4,6H2,(H,14,15). The van der Waals surface area contributed by atoms with Crippen LogP contribution in [0, 0.1) is 11.3 Å². The third-order valence-electron chi connectivity index (χ3n) is 1.80. The van der Waals surface area contributed by atoms with Crippen molar-refractivity contribution in [2.75, 3.05) is 11.9 Å². The van der Waals surface area contributed by atoms with Gasteiger partial charge in [0.05, 0.1) is 5.69 Å². The zero-order valence-corrected chi connectivity index (χ0v) is 8.10. The Morgan fingerprint density at radius 2 is 2.47 bits per heavy atom. The normalized spacial score (nSPS) is 9.27. The molecule has 15 heavy (non-hydrogen) atoms. The van der Waals surface area contributed by atoms with E-state index in [1.165, 1.54) is 0 Å². The number of nitriles is 1. The topological polar surface area (TPSA) is 86.0 Å². The molecule has 0 fully saturated rings. The molecule has 0 saturated heterocycles. The Balaban J connectivity index is 2.44. The highest BCUT2D eigenvalue weighted by Crippen LogP contribution is 2.10. The average molecular weight is 205 g/mol. The molecule has 0 aliphatic rings. The first-order valence-electron chi connectivity index (χ1n) is 4.55. The smallest absolute Gasteiger partial charge is 0.303 e. The van der Waals surface area contributed by atoms with Crippen molar-refractivity contribution in [3.63, 3.8) is 0 Å². The number of pyridine rings is 1. The number of carbonyl (C=O) groups is 1. The SMILES string of the molecule is N#Cc1ncccc1NCCCC(=O)O. The molecule has 5 heteroatoms. The van der Waals surface area contributed by atoms with Crippen LogP contribution in [-0.4, -0.2) is 22.6 Å². The van der Waals surface area contributed by atoms with Crippen LogP contribution in [0.3, 0.4) is 0 Å². The van der Waals surface area contributed by atoms with Gasteiger partial charge in [0.1, 0.15) is 6.07 Å². The fourth-order valence-corrected chi connectivity index (χ4v) is 1.10. The Kier molecular flexibility index (Phi) is 4.10. The van der Waals surface area contributed by atoms with Crippen molar-refractivity contribution in [3.05, 3.63) is 24.0 Å². The van der Waals surface area contributed by atoms with E-state index >= 15 is 0 Å². The maximum Gasteiger partial charge on any atom is 0.303 e. The van der Waals surface area contributed by atoms with Gasteiger partial charge in [0.2, 0.25) is 0 Å². The van der Waals surface area contributed by atoms with Gasteiger partial charge in [-0.3, -0.25) is 4.79 Å². The Hall–Kier alpha value is -2.09. The second-order valence-electron chi connectivity index (χ2n) is 2.94. The quantitative estimate of drug-likeness (QED) is 0.706. The summed E-state index contributed by atoms with van der Waals surface area (Å²) in [6, 6.07) is 5.42. The van der Waals surface area contributed by atoms with Gasteiger partial charge in [-0.2, -0.15) is 5.26 Å². The molecule has 0 atom stereocenters. The molecule has 0 radical (unpaired) electrons. The molecule has 0 aliphatic heterocycles. The highest BCUT2D eigenvalue weighted by molar-refractivity contribution is 5.66. The summed E-state index contributed by atoms with van der Waals surface area (Å²) in [6.07, 6.45) is 2.19. The molecule has 1 heterocycles. The summed E-state index contributed by atoms with van der Waals surface area (Å²) in [5.74, 6) is -0.816. The molecule has 0 aliphatic carbocycles. The highest BCUT2D eigenvalue weighted by Gasteiger charge is 2.01. The third-order valence-corrected chi connectivity index (χ3v) is 1.80. The van der Waals surface area contributed by atoms with E-state index in [0.29, 0.717) is 24.3 Å². The van der Waals surface area contributed by atoms with E-state index in [4.69, 9.17) is 10.4 Å². The Bertz CT molecular complexity index is 384. The molecular weight excluding hydrogens is 194 g/mol. The lowest BCUT2D eigenvalue weighted by molar-refractivity contribution is -0.137. The van der Waals surface area contributed by atoms with Gasteiger partial charge >= 0.3 is 5.97 Å². The molecule has 5 nitrogen and oxygen atoms in total. The summed E-state index contributed by atoms with van der Waals surface area (Å²) >= 11 is 0. The molecule has 0 spiro atoms. The average Bonchev–Trinajstić information content (AvgIpc) is 2.24. The van der Waals surface area contributed by atoms with Crippen molar-refractivity contribution in [1.82, 2.24) is 4.98 Å². The van der Waals surface area contributed by atoms with Crippen molar-refractivity contribution >= 4 is 11.7 Å². The van der Waals surface area contributed by atoms with Crippen molar-refractivity contribution in [1.29, 1.82) is 5.26 Å². The summed E-state index contributed by atoms with van der Waals surface area (Å²) in [4.78, 5) is 14.1. The number of hydrogen-bond acceptors (Lipinski definition) is 4. The molecule has 1 rings (SSSR count). The molecule has 0 amide bonds. The van der Waals surface area contributed by atoms with Crippen molar-refractivity contribution in [2.24, 2.45) is 0 Å². The number of carboxylic acid groups (broad SMARTS) is 1. The summed E-state index contributed by atoms with van der Waals surface area (Å²) in [5.41, 5.74) is 0.971. The molecule has 0 aromatic carbocycles. The van der Waals surface area contributed by atoms with E-state index in [0.717, 1.165) is 0 Å². The summed E-state index contributed by atoms with van der Waals surface area (Å²) in [6.45, 7) is 0.521.